The van der Waals surface area contributed by atoms with Crippen molar-refractivity contribution in [2.45, 2.75) is 52.6 Å². The summed E-state index contributed by atoms with van der Waals surface area (Å²) in [5, 5.41) is 7.28. The van der Waals surface area contributed by atoms with Crippen LogP contribution in [0.15, 0.2) is 245 Å². The number of rotatable bonds is 16. The Kier molecular flexibility index (Phi) is 21.1. The van der Waals surface area contributed by atoms with Crippen molar-refractivity contribution in [1.29, 1.82) is 0 Å². The van der Waals surface area contributed by atoms with Crippen molar-refractivity contribution < 1.29 is 40.9 Å². The summed E-state index contributed by atoms with van der Waals surface area (Å²) >= 11 is 0. The van der Waals surface area contributed by atoms with Crippen LogP contribution in [0.5, 0.6) is 23.0 Å². The Morgan fingerprint density at radius 3 is 1.15 bits per heavy atom. The molecule has 0 heterocycles. The molecule has 0 aliphatic rings. The van der Waals surface area contributed by atoms with Crippen LogP contribution < -0.4 is 18.9 Å². The normalized spacial score (nSPS) is 10.7. The summed E-state index contributed by atoms with van der Waals surface area (Å²) in [6, 6.07) is 73.1. The van der Waals surface area contributed by atoms with Gasteiger partial charge < -0.3 is 18.9 Å². The first-order chi connectivity index (χ1) is 41.1. The summed E-state index contributed by atoms with van der Waals surface area (Å²) in [7, 11) is 0. The zero-order chi connectivity index (χ0) is 60.3. The van der Waals surface area contributed by atoms with E-state index in [0.717, 1.165) is 61.6 Å². The van der Waals surface area contributed by atoms with Crippen LogP contribution in [0.1, 0.15) is 70.8 Å². The molecule has 0 fully saturated rings. The highest BCUT2D eigenvalue weighted by Gasteiger charge is 2.27. The van der Waals surface area contributed by atoms with Crippen molar-refractivity contribution in [3.8, 4) is 23.0 Å². The minimum absolute atomic E-state index is 0.180. The second-order valence-electron chi connectivity index (χ2n) is 20.8. The van der Waals surface area contributed by atoms with Crippen molar-refractivity contribution >= 4 is 56.6 Å². The Morgan fingerprint density at radius 2 is 0.694 bits per heavy atom. The lowest BCUT2D eigenvalue weighted by molar-refractivity contribution is 0.253. The second kappa shape index (κ2) is 29.3. The maximum atomic E-state index is 13.4. The number of fused-ring (bicyclic) bond motifs is 4. The Hall–Kier alpha value is -9.99. The van der Waals surface area contributed by atoms with Gasteiger partial charge in [0.15, 0.2) is 5.75 Å². The molecule has 0 saturated heterocycles. The molecular formula is C76H65F5O4. The van der Waals surface area contributed by atoms with E-state index in [0.29, 0.717) is 25.4 Å². The molecule has 0 N–H and O–H groups in total. The number of hydrogen-bond acceptors (Lipinski definition) is 4. The summed E-state index contributed by atoms with van der Waals surface area (Å²) in [4.78, 5) is 0. The lowest BCUT2D eigenvalue weighted by atomic mass is 9.87. The Bertz CT molecular complexity index is 4010. The molecule has 11 rings (SSSR count). The molecule has 0 saturated carbocycles. The predicted molar refractivity (Wildman–Crippen MR) is 340 cm³/mol. The van der Waals surface area contributed by atoms with E-state index in [1.165, 1.54) is 32.5 Å². The van der Waals surface area contributed by atoms with E-state index in [9.17, 15) is 22.0 Å². The Labute approximate surface area is 494 Å². The molecule has 0 radical (unpaired) electrons. The van der Waals surface area contributed by atoms with E-state index < -0.39 is 34.8 Å². The van der Waals surface area contributed by atoms with Gasteiger partial charge in [-0.25, -0.2) is 13.2 Å². The predicted octanol–water partition coefficient (Wildman–Crippen LogP) is 21.1. The topological polar surface area (TPSA) is 36.9 Å². The summed E-state index contributed by atoms with van der Waals surface area (Å²) in [5.74, 6) is -8.83. The molecule has 0 amide bonds. The van der Waals surface area contributed by atoms with E-state index in [2.05, 4.69) is 187 Å². The highest BCUT2D eigenvalue weighted by atomic mass is 19.2. The van der Waals surface area contributed by atoms with E-state index in [4.69, 9.17) is 18.9 Å². The quantitative estimate of drug-likeness (QED) is 0.0418. The van der Waals surface area contributed by atoms with Crippen LogP contribution in [0, 0.1) is 29.1 Å². The molecule has 428 valence electrons. The summed E-state index contributed by atoms with van der Waals surface area (Å²) < 4.78 is 88.1. The molecule has 11 aromatic rings. The Balaban J connectivity index is 0.000000148. The van der Waals surface area contributed by atoms with Crippen molar-refractivity contribution in [2.75, 3.05) is 0 Å². The van der Waals surface area contributed by atoms with Crippen LogP contribution in [0.3, 0.4) is 0 Å². The molecule has 0 aliphatic carbocycles. The van der Waals surface area contributed by atoms with E-state index in [-0.39, 0.29) is 12.0 Å². The fourth-order valence-corrected chi connectivity index (χ4v) is 8.81. The van der Waals surface area contributed by atoms with E-state index >= 15 is 0 Å². The third-order valence-electron chi connectivity index (χ3n) is 13.8. The third kappa shape index (κ3) is 16.6. The molecule has 0 spiro atoms. The largest absolute Gasteiger partial charge is 0.489 e. The second-order valence-corrected chi connectivity index (χ2v) is 20.8. The molecule has 11 aromatic carbocycles. The zero-order valence-corrected chi connectivity index (χ0v) is 47.8. The average molecular weight is 1140 g/mol. The summed E-state index contributed by atoms with van der Waals surface area (Å²) in [6.45, 7) is 22.9. The number of ether oxygens (including phenoxy) is 4. The number of hydrogen-bond donors (Lipinski definition) is 0. The van der Waals surface area contributed by atoms with Gasteiger partial charge in [0.1, 0.15) is 43.7 Å². The molecule has 0 unspecified atom stereocenters. The lowest BCUT2D eigenvalue weighted by Crippen LogP contribution is -2.10. The minimum Gasteiger partial charge on any atom is -0.489 e. The smallest absolute Gasteiger partial charge is 0.207 e. The van der Waals surface area contributed by atoms with Crippen LogP contribution in [-0.4, -0.2) is 0 Å². The SMILES string of the molecule is C=Cc1ccc(COc2c(F)c(F)c(F)c(F)c2F)cc1.C=Cc1ccc(COc2cc3ccccc3c3ccccc23)cc1.C=Cc1ccc(COc2ccc(C(C)(C)C)cc2)cc1.C=Cc1ccc(COc2ccc3ccccc3c2)cc1. The van der Waals surface area contributed by atoms with Gasteiger partial charge in [0, 0.05) is 5.39 Å². The first kappa shape index (κ1) is 61.1. The molecule has 9 heteroatoms. The van der Waals surface area contributed by atoms with Crippen LogP contribution in [0.2, 0.25) is 0 Å². The minimum atomic E-state index is -2.22. The van der Waals surface area contributed by atoms with Crippen LogP contribution >= 0.6 is 0 Å². The van der Waals surface area contributed by atoms with Gasteiger partial charge in [-0.1, -0.05) is 259 Å². The average Bonchev–Trinajstić information content (AvgIpc) is 3.64. The fourth-order valence-electron chi connectivity index (χ4n) is 8.81. The molecular weight excluding hydrogens is 1070 g/mol. The number of benzene rings is 11. The molecule has 85 heavy (non-hydrogen) atoms. The van der Waals surface area contributed by atoms with Gasteiger partial charge in [0.05, 0.1) is 0 Å². The molecule has 0 aromatic heterocycles. The highest BCUT2D eigenvalue weighted by Crippen LogP contribution is 2.35. The maximum absolute atomic E-state index is 13.4. The molecule has 0 bridgehead atoms. The summed E-state index contributed by atoms with van der Waals surface area (Å²) in [6.07, 6.45) is 7.13. The van der Waals surface area contributed by atoms with Crippen LogP contribution in [-0.2, 0) is 31.8 Å². The fraction of sp³-hybridized carbons (Fsp3) is 0.105. The van der Waals surface area contributed by atoms with Gasteiger partial charge in [0.2, 0.25) is 29.1 Å². The van der Waals surface area contributed by atoms with Gasteiger partial charge >= 0.3 is 0 Å². The van der Waals surface area contributed by atoms with Crippen LogP contribution in [0.25, 0.3) is 56.6 Å². The highest BCUT2D eigenvalue weighted by molar-refractivity contribution is 6.10. The number of halogens is 5. The maximum Gasteiger partial charge on any atom is 0.207 e. The first-order valence-corrected chi connectivity index (χ1v) is 27.5. The molecule has 0 aliphatic heterocycles. The van der Waals surface area contributed by atoms with Crippen molar-refractivity contribution in [3.63, 3.8) is 0 Å². The molecule has 0 atom stereocenters. The summed E-state index contributed by atoms with van der Waals surface area (Å²) in [5.41, 5.74) is 9.66. The van der Waals surface area contributed by atoms with Crippen molar-refractivity contribution in [2.24, 2.45) is 0 Å². The van der Waals surface area contributed by atoms with Crippen LogP contribution in [0.4, 0.5) is 22.0 Å². The monoisotopic (exact) mass is 1140 g/mol. The lowest BCUT2D eigenvalue weighted by Gasteiger charge is -2.19. The van der Waals surface area contributed by atoms with Gasteiger partial charge in [-0.2, -0.15) is 8.78 Å². The Morgan fingerprint density at radius 1 is 0.329 bits per heavy atom. The van der Waals surface area contributed by atoms with Crippen molar-refractivity contribution in [3.05, 3.63) is 324 Å². The first-order valence-electron chi connectivity index (χ1n) is 27.5. The standard InChI is InChI=1S/C23H18O.C19H16O.C19H22O.C15H9F5O/c1-2-17-11-13-18(14-12-17)16-24-23-15-19-7-3-4-8-20(19)21-9-5-6-10-22(21)23;1-2-15-7-9-16(10-8-15)14-20-19-12-11-17-5-3-4-6-18(17)13-19;1-5-15-6-8-16(9-7-15)14-20-18-12-10-17(11-13-18)19(2,3)4;1-2-8-3-5-9(6-4-8)7-21-15-13(19)11(17)10(16)12(18)14(15)20/h2-15H,1,16H2;2-13H,1,14H2;5-13H,1,14H2,2-4H3;2-6H,1,7H2. The third-order valence-corrected chi connectivity index (χ3v) is 13.8. The molecule has 4 nitrogen and oxygen atoms in total. The van der Waals surface area contributed by atoms with E-state index in [1.54, 1.807) is 30.3 Å². The van der Waals surface area contributed by atoms with Gasteiger partial charge in [-0.05, 0) is 113 Å². The zero-order valence-electron chi connectivity index (χ0n) is 47.8. The van der Waals surface area contributed by atoms with Gasteiger partial charge in [0.25, 0.3) is 0 Å². The van der Waals surface area contributed by atoms with Gasteiger partial charge in [-0.3, -0.25) is 0 Å². The van der Waals surface area contributed by atoms with E-state index in [1.807, 2.05) is 72.8 Å². The van der Waals surface area contributed by atoms with Gasteiger partial charge in [-0.15, -0.1) is 0 Å². The van der Waals surface area contributed by atoms with Crippen molar-refractivity contribution in [1.82, 2.24) is 0 Å².